The van der Waals surface area contributed by atoms with Gasteiger partial charge in [0.15, 0.2) is 0 Å². The molecule has 1 unspecified atom stereocenters. The van der Waals surface area contributed by atoms with Crippen LogP contribution in [0.2, 0.25) is 5.02 Å². The van der Waals surface area contributed by atoms with Crippen LogP contribution in [0.5, 0.6) is 5.75 Å². The average molecular weight is 439 g/mol. The Balaban J connectivity index is 1.69. The van der Waals surface area contributed by atoms with Gasteiger partial charge in [0.2, 0.25) is 0 Å². The third kappa shape index (κ3) is 3.99. The zero-order chi connectivity index (χ0) is 22.1. The first kappa shape index (κ1) is 20.2. The minimum Gasteiger partial charge on any atom is -0.508 e. The second kappa shape index (κ2) is 7.96. The first-order valence-corrected chi connectivity index (χ1v) is 9.45. The summed E-state index contributed by atoms with van der Waals surface area (Å²) >= 11 is 6.03. The molecule has 1 atom stereocenters. The summed E-state index contributed by atoms with van der Waals surface area (Å²) in [6, 6.07) is 16.0. The van der Waals surface area contributed by atoms with Crippen molar-refractivity contribution in [3.8, 4) is 5.75 Å². The van der Waals surface area contributed by atoms with Gasteiger partial charge in [-0.15, -0.1) is 0 Å². The van der Waals surface area contributed by atoms with Crippen LogP contribution in [-0.4, -0.2) is 26.9 Å². The second-order valence-corrected chi connectivity index (χ2v) is 7.18. The first-order chi connectivity index (χ1) is 14.8. The number of hydrogen-bond acceptors (Lipinski definition) is 6. The van der Waals surface area contributed by atoms with Crippen LogP contribution in [0.3, 0.4) is 0 Å². The molecule has 10 heteroatoms. The van der Waals surface area contributed by atoms with Crippen LogP contribution in [-0.2, 0) is 0 Å². The van der Waals surface area contributed by atoms with E-state index in [1.165, 1.54) is 42.5 Å². The summed E-state index contributed by atoms with van der Waals surface area (Å²) in [6.45, 7) is 0. The largest absolute Gasteiger partial charge is 0.508 e. The van der Waals surface area contributed by atoms with Crippen molar-refractivity contribution in [2.24, 2.45) is 0 Å². The fraction of sp³-hybridized carbons (Fsp3) is 0.0476. The van der Waals surface area contributed by atoms with E-state index >= 15 is 0 Å². The van der Waals surface area contributed by atoms with Crippen LogP contribution in [0.15, 0.2) is 66.7 Å². The van der Waals surface area contributed by atoms with E-state index in [1.807, 2.05) is 0 Å². The van der Waals surface area contributed by atoms with Crippen molar-refractivity contribution in [3.63, 3.8) is 0 Å². The van der Waals surface area contributed by atoms with Gasteiger partial charge in [0.1, 0.15) is 11.9 Å². The van der Waals surface area contributed by atoms with Crippen LogP contribution in [0.4, 0.5) is 11.4 Å². The number of non-ortho nitro benzene ring substituents is 1. The van der Waals surface area contributed by atoms with Crippen molar-refractivity contribution in [3.05, 3.63) is 98.6 Å². The number of nitro benzene ring substituents is 1. The number of rotatable bonds is 4. The Morgan fingerprint density at radius 2 is 1.77 bits per heavy atom. The molecule has 3 aromatic rings. The molecule has 0 spiro atoms. The predicted octanol–water partition coefficient (Wildman–Crippen LogP) is 3.87. The number of phenols is 1. The van der Waals surface area contributed by atoms with Crippen molar-refractivity contribution >= 4 is 34.8 Å². The number of amides is 2. The topological polar surface area (TPSA) is 125 Å². The van der Waals surface area contributed by atoms with E-state index in [2.05, 4.69) is 10.7 Å². The maximum absolute atomic E-state index is 13.2. The lowest BCUT2D eigenvalue weighted by Gasteiger charge is -2.37. The number of halogens is 1. The molecule has 2 amide bonds. The van der Waals surface area contributed by atoms with Crippen LogP contribution < -0.4 is 10.7 Å². The molecule has 0 radical (unpaired) electrons. The molecule has 3 aromatic carbocycles. The second-order valence-electron chi connectivity index (χ2n) is 6.75. The van der Waals surface area contributed by atoms with E-state index in [4.69, 9.17) is 11.6 Å². The minimum absolute atomic E-state index is 0.0551. The highest BCUT2D eigenvalue weighted by Crippen LogP contribution is 2.34. The van der Waals surface area contributed by atoms with E-state index in [0.29, 0.717) is 16.3 Å². The van der Waals surface area contributed by atoms with Crippen molar-refractivity contribution in [2.45, 2.75) is 6.17 Å². The third-order valence-corrected chi connectivity index (χ3v) is 4.99. The Hall–Kier alpha value is -4.11. The van der Waals surface area contributed by atoms with E-state index < -0.39 is 22.9 Å². The number of nitrogens with one attached hydrogen (secondary N) is 2. The molecule has 0 saturated heterocycles. The number of carbonyl (C=O) groups is 2. The van der Waals surface area contributed by atoms with Gasteiger partial charge in [-0.05, 0) is 48.0 Å². The van der Waals surface area contributed by atoms with Crippen molar-refractivity contribution in [2.75, 3.05) is 5.32 Å². The molecule has 156 valence electrons. The Morgan fingerprint density at radius 3 is 2.42 bits per heavy atom. The molecule has 0 aliphatic carbocycles. The summed E-state index contributed by atoms with van der Waals surface area (Å²) in [5.41, 5.74) is 3.96. The maximum Gasteiger partial charge on any atom is 0.276 e. The fourth-order valence-electron chi connectivity index (χ4n) is 3.19. The van der Waals surface area contributed by atoms with E-state index in [1.54, 1.807) is 24.3 Å². The molecule has 1 aliphatic heterocycles. The summed E-state index contributed by atoms with van der Waals surface area (Å²) in [5, 5.41) is 25.1. The zero-order valence-electron chi connectivity index (χ0n) is 15.8. The molecular formula is C21H15ClN4O5. The SMILES string of the molecule is O=C(NN1C(=O)c2cc(Cl)ccc2NC1c1ccc(O)cc1)c1ccc([N+](=O)[O-])cc1. The summed E-state index contributed by atoms with van der Waals surface area (Å²) in [5.74, 6) is -1.07. The summed E-state index contributed by atoms with van der Waals surface area (Å²) < 4.78 is 0. The normalized spacial score (nSPS) is 15.1. The molecule has 1 heterocycles. The molecule has 1 aliphatic rings. The van der Waals surface area contributed by atoms with Crippen molar-refractivity contribution in [1.29, 1.82) is 0 Å². The van der Waals surface area contributed by atoms with Crippen LogP contribution in [0.25, 0.3) is 0 Å². The Bertz CT molecular complexity index is 1180. The number of aromatic hydroxyl groups is 1. The highest BCUT2D eigenvalue weighted by molar-refractivity contribution is 6.31. The van der Waals surface area contributed by atoms with Gasteiger partial charge in [-0.3, -0.25) is 25.1 Å². The van der Waals surface area contributed by atoms with Gasteiger partial charge in [0, 0.05) is 28.4 Å². The monoisotopic (exact) mass is 438 g/mol. The summed E-state index contributed by atoms with van der Waals surface area (Å²) in [7, 11) is 0. The maximum atomic E-state index is 13.2. The Labute approximate surface area is 181 Å². The Kier molecular flexibility index (Phi) is 5.18. The van der Waals surface area contributed by atoms with Gasteiger partial charge in [0.25, 0.3) is 17.5 Å². The Morgan fingerprint density at radius 1 is 1.10 bits per heavy atom. The molecule has 0 fully saturated rings. The highest BCUT2D eigenvalue weighted by Gasteiger charge is 2.34. The average Bonchev–Trinajstić information content (AvgIpc) is 2.76. The molecule has 4 rings (SSSR count). The minimum atomic E-state index is -0.774. The van der Waals surface area contributed by atoms with Crippen molar-refractivity contribution < 1.29 is 19.6 Å². The lowest BCUT2D eigenvalue weighted by atomic mass is 10.0. The number of phenolic OH excluding ortho intramolecular Hbond substituents is 1. The van der Waals surface area contributed by atoms with E-state index in [9.17, 15) is 24.8 Å². The molecule has 9 nitrogen and oxygen atoms in total. The van der Waals surface area contributed by atoms with Gasteiger partial charge < -0.3 is 10.4 Å². The van der Waals surface area contributed by atoms with Gasteiger partial charge in [-0.2, -0.15) is 0 Å². The molecular weight excluding hydrogens is 424 g/mol. The van der Waals surface area contributed by atoms with Crippen LogP contribution in [0.1, 0.15) is 32.4 Å². The molecule has 0 saturated carbocycles. The number of nitrogens with zero attached hydrogens (tertiary/aromatic N) is 2. The molecule has 3 N–H and O–H groups in total. The quantitative estimate of drug-likeness (QED) is 0.419. The zero-order valence-corrected chi connectivity index (χ0v) is 16.5. The third-order valence-electron chi connectivity index (χ3n) is 4.75. The lowest BCUT2D eigenvalue weighted by Crippen LogP contribution is -2.52. The van der Waals surface area contributed by atoms with Gasteiger partial charge in [-0.1, -0.05) is 23.7 Å². The number of anilines is 1. The van der Waals surface area contributed by atoms with Crippen LogP contribution in [0, 0.1) is 10.1 Å². The van der Waals surface area contributed by atoms with Crippen LogP contribution >= 0.6 is 11.6 Å². The first-order valence-electron chi connectivity index (χ1n) is 9.07. The highest BCUT2D eigenvalue weighted by atomic mass is 35.5. The van der Waals surface area contributed by atoms with Gasteiger partial charge >= 0.3 is 0 Å². The number of hydrogen-bond donors (Lipinski definition) is 3. The molecule has 31 heavy (non-hydrogen) atoms. The standard InChI is InChI=1S/C21H15ClN4O5/c22-14-5-10-18-17(11-14)21(29)25(19(23-18)12-3-8-16(27)9-4-12)24-20(28)13-1-6-15(7-2-13)26(30)31/h1-11,19,23,27H,(H,24,28). The van der Waals surface area contributed by atoms with Gasteiger partial charge in [0.05, 0.1) is 10.5 Å². The van der Waals surface area contributed by atoms with Gasteiger partial charge in [-0.25, -0.2) is 5.01 Å². The molecule has 0 bridgehead atoms. The number of nitro groups is 1. The lowest BCUT2D eigenvalue weighted by molar-refractivity contribution is -0.384. The fourth-order valence-corrected chi connectivity index (χ4v) is 3.36. The van der Waals surface area contributed by atoms with E-state index in [-0.39, 0.29) is 22.6 Å². The molecule has 0 aromatic heterocycles. The summed E-state index contributed by atoms with van der Waals surface area (Å²) in [6.07, 6.45) is -0.774. The summed E-state index contributed by atoms with van der Waals surface area (Å²) in [4.78, 5) is 36.2. The predicted molar refractivity (Wildman–Crippen MR) is 113 cm³/mol. The van der Waals surface area contributed by atoms with Crippen molar-refractivity contribution in [1.82, 2.24) is 10.4 Å². The number of fused-ring (bicyclic) bond motifs is 1. The smallest absolute Gasteiger partial charge is 0.276 e. The number of hydrazine groups is 1. The van der Waals surface area contributed by atoms with E-state index in [0.717, 1.165) is 5.01 Å². The number of carbonyl (C=O) groups excluding carboxylic acids is 2. The number of benzene rings is 3.